The van der Waals surface area contributed by atoms with Gasteiger partial charge in [-0.1, -0.05) is 30.3 Å². The molecule has 2 aromatic carbocycles. The average molecular weight is 314 g/mol. The summed E-state index contributed by atoms with van der Waals surface area (Å²) in [5, 5.41) is 3.24. The molecule has 0 aromatic heterocycles. The van der Waals surface area contributed by atoms with E-state index in [0.29, 0.717) is 37.7 Å². The quantitative estimate of drug-likeness (QED) is 0.820. The average Bonchev–Trinajstić information content (AvgIpc) is 2.61. The SMILES string of the molecule is CC(CCc1ccccc1)Nc1c(N2CCOCC2)c(=O)c1=O. The second kappa shape index (κ2) is 6.96. The van der Waals surface area contributed by atoms with Crippen LogP contribution >= 0.6 is 0 Å². The van der Waals surface area contributed by atoms with Crippen LogP contribution < -0.4 is 21.1 Å². The van der Waals surface area contributed by atoms with Gasteiger partial charge in [-0.05, 0) is 25.3 Å². The summed E-state index contributed by atoms with van der Waals surface area (Å²) < 4.78 is 5.30. The van der Waals surface area contributed by atoms with Crippen LogP contribution in [0.2, 0.25) is 0 Å². The molecule has 1 aliphatic rings. The van der Waals surface area contributed by atoms with Crippen LogP contribution in [0.15, 0.2) is 39.9 Å². The molecule has 5 heteroatoms. The first kappa shape index (κ1) is 15.7. The summed E-state index contributed by atoms with van der Waals surface area (Å²) in [4.78, 5) is 25.8. The van der Waals surface area contributed by atoms with E-state index in [4.69, 9.17) is 4.74 Å². The molecule has 5 nitrogen and oxygen atoms in total. The van der Waals surface area contributed by atoms with E-state index >= 15 is 0 Å². The lowest BCUT2D eigenvalue weighted by molar-refractivity contribution is 0.122. The van der Waals surface area contributed by atoms with Gasteiger partial charge in [0.15, 0.2) is 0 Å². The molecule has 1 N–H and O–H groups in total. The Morgan fingerprint density at radius 3 is 2.52 bits per heavy atom. The molecule has 0 saturated carbocycles. The molecular formula is C18H22N2O3. The van der Waals surface area contributed by atoms with Crippen molar-refractivity contribution >= 4 is 11.4 Å². The molecule has 3 rings (SSSR count). The molecule has 1 saturated heterocycles. The monoisotopic (exact) mass is 314 g/mol. The molecule has 0 radical (unpaired) electrons. The van der Waals surface area contributed by atoms with Gasteiger partial charge in [0.1, 0.15) is 11.4 Å². The van der Waals surface area contributed by atoms with E-state index in [1.807, 2.05) is 30.0 Å². The van der Waals surface area contributed by atoms with E-state index in [9.17, 15) is 9.59 Å². The molecule has 0 spiro atoms. The molecule has 1 aliphatic heterocycles. The van der Waals surface area contributed by atoms with Gasteiger partial charge in [-0.2, -0.15) is 0 Å². The molecule has 1 unspecified atom stereocenters. The van der Waals surface area contributed by atoms with Crippen molar-refractivity contribution in [1.82, 2.24) is 0 Å². The summed E-state index contributed by atoms with van der Waals surface area (Å²) in [6, 6.07) is 10.4. The number of hydrogen-bond donors (Lipinski definition) is 1. The van der Waals surface area contributed by atoms with Crippen LogP contribution in [-0.4, -0.2) is 32.3 Å². The summed E-state index contributed by atoms with van der Waals surface area (Å²) >= 11 is 0. The summed E-state index contributed by atoms with van der Waals surface area (Å²) in [5.74, 6) is 0. The van der Waals surface area contributed by atoms with Crippen molar-refractivity contribution in [2.45, 2.75) is 25.8 Å². The van der Waals surface area contributed by atoms with Crippen molar-refractivity contribution in [1.29, 1.82) is 0 Å². The second-order valence-corrected chi connectivity index (χ2v) is 6.05. The Labute approximate surface area is 135 Å². The first-order chi connectivity index (χ1) is 11.2. The largest absolute Gasteiger partial charge is 0.378 e. The highest BCUT2D eigenvalue weighted by atomic mass is 16.5. The Hall–Kier alpha value is -2.14. The summed E-state index contributed by atoms with van der Waals surface area (Å²) in [7, 11) is 0. The predicted octanol–water partition coefficient (Wildman–Crippen LogP) is 1.55. The summed E-state index contributed by atoms with van der Waals surface area (Å²) in [6.07, 6.45) is 1.85. The normalized spacial score (nSPS) is 16.5. The van der Waals surface area contributed by atoms with E-state index in [1.165, 1.54) is 5.56 Å². The fourth-order valence-electron chi connectivity index (χ4n) is 2.95. The van der Waals surface area contributed by atoms with Gasteiger partial charge < -0.3 is 15.0 Å². The smallest absolute Gasteiger partial charge is 0.253 e. The van der Waals surface area contributed by atoms with Gasteiger partial charge >= 0.3 is 0 Å². The molecule has 1 fully saturated rings. The van der Waals surface area contributed by atoms with Gasteiger partial charge in [-0.3, -0.25) is 9.59 Å². The molecule has 1 heterocycles. The number of hydrogen-bond acceptors (Lipinski definition) is 5. The highest BCUT2D eigenvalue weighted by molar-refractivity contribution is 5.75. The molecule has 0 aliphatic carbocycles. The number of benzene rings is 1. The molecule has 0 amide bonds. The van der Waals surface area contributed by atoms with Gasteiger partial charge in [0.25, 0.3) is 10.9 Å². The predicted molar refractivity (Wildman–Crippen MR) is 92.2 cm³/mol. The number of anilines is 2. The fraction of sp³-hybridized carbons (Fsp3) is 0.444. The minimum atomic E-state index is -0.391. The molecule has 122 valence electrons. The molecule has 23 heavy (non-hydrogen) atoms. The third-order valence-electron chi connectivity index (χ3n) is 4.31. The minimum absolute atomic E-state index is 0.137. The molecule has 1 atom stereocenters. The van der Waals surface area contributed by atoms with Crippen molar-refractivity contribution in [2.75, 3.05) is 36.5 Å². The Morgan fingerprint density at radius 1 is 1.13 bits per heavy atom. The number of nitrogens with one attached hydrogen (secondary N) is 1. The summed E-state index contributed by atoms with van der Waals surface area (Å²) in [6.45, 7) is 4.57. The van der Waals surface area contributed by atoms with E-state index in [-0.39, 0.29) is 11.5 Å². The molecular weight excluding hydrogens is 292 g/mol. The topological polar surface area (TPSA) is 58.6 Å². The lowest BCUT2D eigenvalue weighted by Gasteiger charge is -2.31. The minimum Gasteiger partial charge on any atom is -0.378 e. The Bertz CT molecular complexity index is 714. The first-order valence-electron chi connectivity index (χ1n) is 8.13. The van der Waals surface area contributed by atoms with Crippen LogP contribution in [-0.2, 0) is 11.2 Å². The van der Waals surface area contributed by atoms with Gasteiger partial charge in [-0.25, -0.2) is 0 Å². The first-order valence-corrected chi connectivity index (χ1v) is 8.13. The Morgan fingerprint density at radius 2 is 1.83 bits per heavy atom. The standard InChI is InChI=1S/C18H22N2O3/c1-13(7-8-14-5-3-2-4-6-14)19-15-16(18(22)17(15)21)20-9-11-23-12-10-20/h2-6,13,19H,7-12H2,1H3. The number of morpholine rings is 1. The van der Waals surface area contributed by atoms with Crippen LogP contribution in [0.4, 0.5) is 11.4 Å². The lowest BCUT2D eigenvalue weighted by Crippen LogP contribution is -2.47. The maximum atomic E-state index is 11.9. The zero-order chi connectivity index (χ0) is 16.2. The Balaban J connectivity index is 1.62. The van der Waals surface area contributed by atoms with E-state index < -0.39 is 5.43 Å². The van der Waals surface area contributed by atoms with Crippen molar-refractivity contribution in [3.8, 4) is 0 Å². The highest BCUT2D eigenvalue weighted by Crippen LogP contribution is 2.22. The second-order valence-electron chi connectivity index (χ2n) is 6.05. The van der Waals surface area contributed by atoms with Gasteiger partial charge in [-0.15, -0.1) is 0 Å². The van der Waals surface area contributed by atoms with Crippen molar-refractivity contribution < 1.29 is 4.74 Å². The maximum Gasteiger partial charge on any atom is 0.253 e. The number of rotatable bonds is 6. The maximum absolute atomic E-state index is 11.9. The Kier molecular flexibility index (Phi) is 4.76. The summed E-state index contributed by atoms with van der Waals surface area (Å²) in [5.41, 5.74) is 1.55. The third kappa shape index (κ3) is 3.45. The number of aryl methyl sites for hydroxylation is 1. The van der Waals surface area contributed by atoms with E-state index in [0.717, 1.165) is 12.8 Å². The van der Waals surface area contributed by atoms with Crippen LogP contribution in [0, 0.1) is 0 Å². The van der Waals surface area contributed by atoms with E-state index in [2.05, 4.69) is 17.4 Å². The molecule has 0 bridgehead atoms. The fourth-order valence-corrected chi connectivity index (χ4v) is 2.95. The number of ether oxygens (including phenoxy) is 1. The zero-order valence-electron chi connectivity index (χ0n) is 13.4. The van der Waals surface area contributed by atoms with Crippen LogP contribution in [0.25, 0.3) is 0 Å². The van der Waals surface area contributed by atoms with Crippen molar-refractivity contribution in [2.24, 2.45) is 0 Å². The highest BCUT2D eigenvalue weighted by Gasteiger charge is 2.27. The number of nitrogens with zero attached hydrogens (tertiary/aromatic N) is 1. The van der Waals surface area contributed by atoms with E-state index in [1.54, 1.807) is 0 Å². The van der Waals surface area contributed by atoms with Gasteiger partial charge in [0.05, 0.1) is 13.2 Å². The van der Waals surface area contributed by atoms with Crippen molar-refractivity contribution in [3.05, 3.63) is 56.3 Å². The molecule has 2 aromatic rings. The van der Waals surface area contributed by atoms with Crippen LogP contribution in [0.5, 0.6) is 0 Å². The van der Waals surface area contributed by atoms with Crippen molar-refractivity contribution in [3.63, 3.8) is 0 Å². The lowest BCUT2D eigenvalue weighted by atomic mass is 10.0. The third-order valence-corrected chi connectivity index (χ3v) is 4.31. The zero-order valence-corrected chi connectivity index (χ0v) is 13.4. The van der Waals surface area contributed by atoms with Gasteiger partial charge in [0, 0.05) is 19.1 Å². The van der Waals surface area contributed by atoms with Gasteiger partial charge in [0.2, 0.25) is 0 Å². The van der Waals surface area contributed by atoms with Crippen LogP contribution in [0.1, 0.15) is 18.9 Å². The van der Waals surface area contributed by atoms with Crippen LogP contribution in [0.3, 0.4) is 0 Å².